The minimum absolute atomic E-state index is 0.0105. The minimum Gasteiger partial charge on any atom is -0.496 e. The number of Topliss-reactive ketones (excluding diaryl/α,β-unsaturated/α-hetero) is 4. The molecule has 0 radical (unpaired) electrons. The van der Waals surface area contributed by atoms with Crippen LogP contribution in [0, 0.1) is 0 Å². The van der Waals surface area contributed by atoms with Crippen LogP contribution < -0.4 is 80.8 Å². The van der Waals surface area contributed by atoms with Crippen molar-refractivity contribution in [3.05, 3.63) is 117 Å². The van der Waals surface area contributed by atoms with E-state index in [-0.39, 0.29) is 160 Å². The molecule has 87 heavy (non-hydrogen) atoms. The number of carboxylic acid groups (broad SMARTS) is 1. The minimum atomic E-state index is -1.19. The summed E-state index contributed by atoms with van der Waals surface area (Å²) in [5.41, 5.74) is 46.2. The molecular weight excluding hydrogens is 1130 g/mol. The number of hydrogen-bond donors (Lipinski definition) is 12. The summed E-state index contributed by atoms with van der Waals surface area (Å²) >= 11 is 0. The van der Waals surface area contributed by atoms with Crippen molar-refractivity contribution in [3.8, 4) is 23.0 Å². The Bertz CT molecular complexity index is 3230. The summed E-state index contributed by atoms with van der Waals surface area (Å²) in [6.07, 6.45) is -0.519. The number of carbonyl (C=O) groups excluding carboxylic acids is 8. The Hall–Kier alpha value is -10.1. The molecule has 0 unspecified atom stereocenters. The van der Waals surface area contributed by atoms with Crippen LogP contribution in [0.15, 0.2) is 87.8 Å². The maximum Gasteiger partial charge on any atom is 0.303 e. The van der Waals surface area contributed by atoms with E-state index in [1.165, 1.54) is 77.0 Å². The van der Waals surface area contributed by atoms with Crippen molar-refractivity contribution in [1.29, 1.82) is 0 Å². The van der Waals surface area contributed by atoms with E-state index in [0.29, 0.717) is 22.3 Å². The van der Waals surface area contributed by atoms with Crippen molar-refractivity contribution in [2.75, 3.05) is 48.1 Å². The molecule has 0 fully saturated rings. The lowest BCUT2D eigenvalue weighted by atomic mass is 9.96. The number of nitrogens with two attached hydrogens (primary N) is 8. The highest BCUT2D eigenvalue weighted by atomic mass is 16.5. The van der Waals surface area contributed by atoms with Crippen molar-refractivity contribution in [1.82, 2.24) is 16.0 Å². The number of carboxylic acids is 1. The van der Waals surface area contributed by atoms with E-state index in [1.807, 2.05) is 0 Å². The first-order valence-corrected chi connectivity index (χ1v) is 27.5. The average Bonchev–Trinajstić information content (AvgIpc) is 1.57. The molecule has 0 aliphatic carbocycles. The summed E-state index contributed by atoms with van der Waals surface area (Å²) in [5.74, 6) is -5.95. The normalized spacial score (nSPS) is 12.1. The van der Waals surface area contributed by atoms with Crippen molar-refractivity contribution in [2.24, 2.45) is 60.8 Å². The van der Waals surface area contributed by atoms with Crippen LogP contribution in [-0.4, -0.2) is 148 Å². The smallest absolute Gasteiger partial charge is 0.303 e. The van der Waals surface area contributed by atoms with E-state index in [4.69, 9.17) is 69.9 Å². The van der Waals surface area contributed by atoms with E-state index >= 15 is 0 Å². The molecule has 0 spiro atoms. The van der Waals surface area contributed by atoms with E-state index in [0.717, 1.165) is 0 Å². The van der Waals surface area contributed by atoms with E-state index in [1.54, 1.807) is 24.3 Å². The van der Waals surface area contributed by atoms with Crippen LogP contribution in [0.25, 0.3) is 0 Å². The summed E-state index contributed by atoms with van der Waals surface area (Å²) in [5, 5.41) is 17.4. The fourth-order valence-electron chi connectivity index (χ4n) is 9.09. The molecule has 28 heteroatoms. The lowest BCUT2D eigenvalue weighted by Gasteiger charge is -2.21. The van der Waals surface area contributed by atoms with Crippen molar-refractivity contribution in [2.45, 2.75) is 101 Å². The molecule has 4 aromatic carbocycles. The van der Waals surface area contributed by atoms with E-state index in [2.05, 4.69) is 30.9 Å². The van der Waals surface area contributed by atoms with Gasteiger partial charge in [0, 0.05) is 51.7 Å². The molecule has 0 bridgehead atoms. The van der Waals surface area contributed by atoms with Gasteiger partial charge in [0.15, 0.2) is 41.0 Å². The predicted octanol–water partition coefficient (Wildman–Crippen LogP) is 0.0150. The summed E-state index contributed by atoms with van der Waals surface area (Å²) in [7, 11) is 5.37. The van der Waals surface area contributed by atoms with Gasteiger partial charge in [-0.15, -0.1) is 0 Å². The number of methoxy groups -OCH3 is 4. The number of nitrogens with zero attached hydrogens (tertiary/aromatic N) is 3. The first-order chi connectivity index (χ1) is 41.4. The highest BCUT2D eigenvalue weighted by Crippen LogP contribution is 2.26. The summed E-state index contributed by atoms with van der Waals surface area (Å²) in [6, 6.07) is 13.4. The molecule has 0 aromatic heterocycles. The number of aliphatic imine (C=N–C) groups is 3. The third-order valence-electron chi connectivity index (χ3n) is 13.6. The fraction of sp³-hybridized carbons (Fsp3) is 0.390. The molecule has 0 saturated carbocycles. The third kappa shape index (κ3) is 22.4. The Morgan fingerprint density at radius 1 is 0.425 bits per heavy atom. The molecule has 4 amide bonds. The van der Waals surface area contributed by atoms with Crippen LogP contribution in [0.2, 0.25) is 0 Å². The second-order valence-electron chi connectivity index (χ2n) is 20.0. The predicted molar refractivity (Wildman–Crippen MR) is 324 cm³/mol. The summed E-state index contributed by atoms with van der Waals surface area (Å²) < 4.78 is 21.8. The zero-order chi connectivity index (χ0) is 64.3. The topological polar surface area (TPSA) is 492 Å². The number of carbonyl (C=O) groups is 9. The molecule has 0 heterocycles. The average molecular weight is 1210 g/mol. The van der Waals surface area contributed by atoms with Gasteiger partial charge >= 0.3 is 5.97 Å². The zero-order valence-corrected chi connectivity index (χ0v) is 49.1. The molecule has 0 aliphatic heterocycles. The first kappa shape index (κ1) is 69.4. The van der Waals surface area contributed by atoms with Crippen LogP contribution in [0.5, 0.6) is 23.0 Å². The maximum atomic E-state index is 14.4. The van der Waals surface area contributed by atoms with Gasteiger partial charge in [0.25, 0.3) is 23.6 Å². The van der Waals surface area contributed by atoms with Crippen LogP contribution in [0.4, 0.5) is 0 Å². The second kappa shape index (κ2) is 34.6. The molecule has 4 rings (SSSR count). The molecular formula is C59H78N14O14. The van der Waals surface area contributed by atoms with Gasteiger partial charge in [-0.25, -0.2) is 0 Å². The molecule has 20 N–H and O–H groups in total. The molecule has 4 atom stereocenters. The number of guanidine groups is 3. The van der Waals surface area contributed by atoms with Crippen LogP contribution in [0.3, 0.4) is 0 Å². The molecule has 468 valence electrons. The van der Waals surface area contributed by atoms with Gasteiger partial charge in [0.2, 0.25) is 0 Å². The number of benzene rings is 4. The van der Waals surface area contributed by atoms with E-state index < -0.39 is 76.9 Å². The Kier molecular flexibility index (Phi) is 27.6. The highest BCUT2D eigenvalue weighted by Gasteiger charge is 2.29. The van der Waals surface area contributed by atoms with Gasteiger partial charge in [-0.3, -0.25) is 58.1 Å². The largest absolute Gasteiger partial charge is 0.496 e. The number of aliphatic carboxylic acids is 1. The monoisotopic (exact) mass is 1210 g/mol. The molecule has 4 aromatic rings. The number of ether oxygens (including phenoxy) is 4. The van der Waals surface area contributed by atoms with Gasteiger partial charge in [-0.2, -0.15) is 0 Å². The first-order valence-electron chi connectivity index (χ1n) is 27.5. The number of ketones is 4. The van der Waals surface area contributed by atoms with Gasteiger partial charge in [0.1, 0.15) is 23.0 Å². The van der Waals surface area contributed by atoms with Gasteiger partial charge in [-0.1, -0.05) is 24.3 Å². The molecule has 0 aliphatic rings. The van der Waals surface area contributed by atoms with Gasteiger partial charge in [0.05, 0.1) is 74.9 Å². The SMILES string of the molecule is COc1ccc(CC(=O)[C@@H](CCCN=C(N)N)NC(=O)c2cc(CC(=O)[C@@H](CCCN=C(N)N)NC(=O)c3cc(CC(=O)[C@@H](CCCN=C(N)N)NC(=O)c4cc(CC(=O)[C@H](N)CCC(=O)O)ccc4OC)ccc3OC)ccc2OC)cc1C(N)=O. The second-order valence-corrected chi connectivity index (χ2v) is 20.0. The van der Waals surface area contributed by atoms with Crippen LogP contribution in [-0.2, 0) is 49.7 Å². The summed E-state index contributed by atoms with van der Waals surface area (Å²) in [6.45, 7) is 0.351. The Morgan fingerprint density at radius 3 is 0.966 bits per heavy atom. The van der Waals surface area contributed by atoms with Crippen LogP contribution >= 0.6 is 0 Å². The van der Waals surface area contributed by atoms with Crippen molar-refractivity contribution >= 4 is 70.6 Å². The summed E-state index contributed by atoms with van der Waals surface area (Å²) in [4.78, 5) is 133. The number of nitrogens with one attached hydrogen (secondary N) is 3. The van der Waals surface area contributed by atoms with E-state index in [9.17, 15) is 43.2 Å². The lowest BCUT2D eigenvalue weighted by Crippen LogP contribution is -2.42. The van der Waals surface area contributed by atoms with Gasteiger partial charge in [-0.05, 0) is 116 Å². The maximum absolute atomic E-state index is 14.4. The van der Waals surface area contributed by atoms with Crippen LogP contribution in [0.1, 0.15) is 115 Å². The highest BCUT2D eigenvalue weighted by molar-refractivity contribution is 6.04. The molecule has 28 nitrogen and oxygen atoms in total. The number of hydrogen-bond acceptors (Lipinski definition) is 17. The van der Waals surface area contributed by atoms with Crippen molar-refractivity contribution in [3.63, 3.8) is 0 Å². The quantitative estimate of drug-likeness (QED) is 0.0160. The zero-order valence-electron chi connectivity index (χ0n) is 49.1. The Labute approximate surface area is 502 Å². The Morgan fingerprint density at radius 2 is 0.701 bits per heavy atom. The number of primary amides is 1. The lowest BCUT2D eigenvalue weighted by molar-refractivity contribution is -0.137. The third-order valence-corrected chi connectivity index (χ3v) is 13.6. The standard InChI is InChI=1S/C59H78N14O14/c1-84-48-16-11-32(24-36(48)53(61)80)29-45(75)41(8-5-21-68-57(62)63)71-55(82)38-26-34(13-18-50(38)86-3)31-47(77)43(10-7-23-70-59(66)67)73-56(83)39-27-35(14-19-51(39)87-4)30-46(76)42(9-6-22-69-58(64)65)72-54(81)37-25-33(12-17-49(37)85-2)28-44(74)40(60)15-20-52(78)79/h11-14,16-19,24-27,40-43H,5-10,15,20-23,28-31,60H2,1-4H3,(H2,61,80)(H,71,82)(H,72,81)(H,73,83)(H,78,79)(H4,62,63,68)(H4,64,65,69)(H4,66,67,70)/t40-,41-,42-,43-/m1/s1. The molecule has 0 saturated heterocycles. The van der Waals surface area contributed by atoms with Crippen molar-refractivity contribution < 1.29 is 67.2 Å². The number of amides is 4. The van der Waals surface area contributed by atoms with Gasteiger partial charge < -0.3 is 85.9 Å². The Balaban J connectivity index is 1.61. The fourth-order valence-corrected chi connectivity index (χ4v) is 9.09. The number of rotatable bonds is 38.